The van der Waals surface area contributed by atoms with E-state index in [1.807, 2.05) is 0 Å². The number of allylic oxidation sites excluding steroid dienone is 2. The number of rotatable bonds is 61. The molecule has 1 atom stereocenters. The molecule has 426 valence electrons. The molecule has 1 unspecified atom stereocenters. The van der Waals surface area contributed by atoms with Crippen molar-refractivity contribution in [2.24, 2.45) is 0 Å². The van der Waals surface area contributed by atoms with Gasteiger partial charge < -0.3 is 14.2 Å². The molecule has 0 bridgehead atoms. The Balaban J connectivity index is 4.25. The summed E-state index contributed by atoms with van der Waals surface area (Å²) >= 11 is 0. The van der Waals surface area contributed by atoms with Crippen LogP contribution in [0, 0.1) is 0 Å². The number of carbonyl (C=O) groups excluding carboxylic acids is 3. The average molecular weight is 1020 g/mol. The van der Waals surface area contributed by atoms with Crippen molar-refractivity contribution in [3.05, 3.63) is 12.2 Å². The van der Waals surface area contributed by atoms with Crippen molar-refractivity contribution in [2.45, 2.75) is 380 Å². The summed E-state index contributed by atoms with van der Waals surface area (Å²) in [6.07, 6.45) is 72.2. The van der Waals surface area contributed by atoms with Gasteiger partial charge in [-0.05, 0) is 44.9 Å². The molecule has 0 radical (unpaired) electrons. The van der Waals surface area contributed by atoms with Crippen LogP contribution in [0.2, 0.25) is 0 Å². The van der Waals surface area contributed by atoms with Gasteiger partial charge in [0.05, 0.1) is 0 Å². The average Bonchev–Trinajstić information content (AvgIpc) is 3.38. The van der Waals surface area contributed by atoms with E-state index in [0.717, 1.165) is 57.8 Å². The quantitative estimate of drug-likeness (QED) is 0.0261. The SMILES string of the molecule is CCCCCCCCCC/C=C\CCCCCCCCCCCCCC(=O)OCC(COC(=O)CCCCCCCCCCCCCCCC)OC(=O)CCCCCCCCCCCCCCCCCCC. The minimum absolute atomic E-state index is 0.0632. The first kappa shape index (κ1) is 70.1. The molecule has 0 aliphatic heterocycles. The molecule has 0 rings (SSSR count). The minimum Gasteiger partial charge on any atom is -0.462 e. The summed E-state index contributed by atoms with van der Waals surface area (Å²) in [6.45, 7) is 6.72. The molecular weight excluding hydrogens is 889 g/mol. The molecule has 0 aliphatic rings. The van der Waals surface area contributed by atoms with E-state index in [4.69, 9.17) is 14.2 Å². The summed E-state index contributed by atoms with van der Waals surface area (Å²) in [7, 11) is 0. The van der Waals surface area contributed by atoms with E-state index in [2.05, 4.69) is 32.9 Å². The number of esters is 3. The molecular formula is C66H126O6. The van der Waals surface area contributed by atoms with Gasteiger partial charge in [-0.1, -0.05) is 322 Å². The maximum absolute atomic E-state index is 12.9. The summed E-state index contributed by atoms with van der Waals surface area (Å²) in [6, 6.07) is 0. The standard InChI is InChI=1S/C66H126O6/c1-4-7-10-13-16-19-22-25-28-30-31-32-33-34-35-37-38-41-44-47-50-53-56-59-65(68)71-62-63(61-70-64(67)58-55-52-49-46-43-40-27-24-21-18-15-12-9-6-3)72-66(69)60-57-54-51-48-45-42-39-36-29-26-23-20-17-14-11-8-5-2/h30-31,63H,4-29,32-62H2,1-3H3/b31-30-. The predicted octanol–water partition coefficient (Wildman–Crippen LogP) is 22.1. The second-order valence-electron chi connectivity index (χ2n) is 22.4. The first-order valence-corrected chi connectivity index (χ1v) is 32.7. The second kappa shape index (κ2) is 61.7. The lowest BCUT2D eigenvalue weighted by molar-refractivity contribution is -0.167. The molecule has 0 aliphatic carbocycles. The molecule has 0 fully saturated rings. The van der Waals surface area contributed by atoms with E-state index in [-0.39, 0.29) is 31.1 Å². The van der Waals surface area contributed by atoms with Crippen molar-refractivity contribution in [2.75, 3.05) is 13.2 Å². The lowest BCUT2D eigenvalue weighted by Gasteiger charge is -2.18. The molecule has 6 nitrogen and oxygen atoms in total. The van der Waals surface area contributed by atoms with E-state index in [1.54, 1.807) is 0 Å². The summed E-state index contributed by atoms with van der Waals surface area (Å²) in [4.78, 5) is 38.3. The Morgan fingerprint density at radius 2 is 0.458 bits per heavy atom. The highest BCUT2D eigenvalue weighted by Crippen LogP contribution is 2.18. The zero-order valence-electron chi connectivity index (χ0n) is 49.0. The maximum atomic E-state index is 12.9. The number of unbranched alkanes of at least 4 members (excludes halogenated alkanes) is 48. The summed E-state index contributed by atoms with van der Waals surface area (Å²) in [5.41, 5.74) is 0. The monoisotopic (exact) mass is 1010 g/mol. The summed E-state index contributed by atoms with van der Waals surface area (Å²) < 4.78 is 17.0. The minimum atomic E-state index is -0.765. The van der Waals surface area contributed by atoms with E-state index >= 15 is 0 Å². The molecule has 0 aromatic carbocycles. The van der Waals surface area contributed by atoms with Gasteiger partial charge in [0.1, 0.15) is 13.2 Å². The molecule has 6 heteroatoms. The Bertz CT molecular complexity index is 1120. The summed E-state index contributed by atoms with van der Waals surface area (Å²) in [5, 5.41) is 0. The van der Waals surface area contributed by atoms with Crippen LogP contribution in [0.15, 0.2) is 12.2 Å². The van der Waals surface area contributed by atoms with Crippen LogP contribution in [0.3, 0.4) is 0 Å². The third-order valence-electron chi connectivity index (χ3n) is 15.0. The van der Waals surface area contributed by atoms with Crippen molar-refractivity contribution in [3.63, 3.8) is 0 Å². The van der Waals surface area contributed by atoms with E-state index in [9.17, 15) is 14.4 Å². The molecule has 72 heavy (non-hydrogen) atoms. The molecule has 0 heterocycles. The Morgan fingerprint density at radius 1 is 0.264 bits per heavy atom. The number of carbonyl (C=O) groups is 3. The van der Waals surface area contributed by atoms with Crippen LogP contribution >= 0.6 is 0 Å². The van der Waals surface area contributed by atoms with Crippen molar-refractivity contribution in [1.29, 1.82) is 0 Å². The van der Waals surface area contributed by atoms with Crippen molar-refractivity contribution >= 4 is 17.9 Å². The predicted molar refractivity (Wildman–Crippen MR) is 312 cm³/mol. The van der Waals surface area contributed by atoms with Crippen molar-refractivity contribution < 1.29 is 28.6 Å². The van der Waals surface area contributed by atoms with Gasteiger partial charge in [0.25, 0.3) is 0 Å². The fraction of sp³-hybridized carbons (Fsp3) is 0.924. The molecule has 0 N–H and O–H groups in total. The van der Waals surface area contributed by atoms with E-state index in [0.29, 0.717) is 19.3 Å². The zero-order chi connectivity index (χ0) is 52.2. The molecule has 0 aromatic heterocycles. The fourth-order valence-corrected chi connectivity index (χ4v) is 10.1. The maximum Gasteiger partial charge on any atom is 0.306 e. The number of hydrogen-bond donors (Lipinski definition) is 0. The highest BCUT2D eigenvalue weighted by Gasteiger charge is 2.19. The second-order valence-corrected chi connectivity index (χ2v) is 22.4. The lowest BCUT2D eigenvalue weighted by atomic mass is 10.0. The topological polar surface area (TPSA) is 78.9 Å². The number of ether oxygens (including phenoxy) is 3. The van der Waals surface area contributed by atoms with Gasteiger partial charge in [-0.3, -0.25) is 14.4 Å². The third-order valence-corrected chi connectivity index (χ3v) is 15.0. The first-order chi connectivity index (χ1) is 35.5. The van der Waals surface area contributed by atoms with Crippen molar-refractivity contribution in [1.82, 2.24) is 0 Å². The van der Waals surface area contributed by atoms with Gasteiger partial charge in [0.2, 0.25) is 0 Å². The largest absolute Gasteiger partial charge is 0.462 e. The van der Waals surface area contributed by atoms with Crippen LogP contribution in [-0.2, 0) is 28.6 Å². The zero-order valence-corrected chi connectivity index (χ0v) is 49.0. The Kier molecular flexibility index (Phi) is 60.1. The summed E-state index contributed by atoms with van der Waals surface area (Å²) in [5.74, 6) is -0.832. The van der Waals surface area contributed by atoms with Crippen LogP contribution in [0.5, 0.6) is 0 Å². The molecule has 0 aromatic rings. The number of hydrogen-bond acceptors (Lipinski definition) is 6. The highest BCUT2D eigenvalue weighted by atomic mass is 16.6. The van der Waals surface area contributed by atoms with Gasteiger partial charge in [0.15, 0.2) is 6.10 Å². The van der Waals surface area contributed by atoms with Gasteiger partial charge in [-0.25, -0.2) is 0 Å². The van der Waals surface area contributed by atoms with Crippen LogP contribution in [0.25, 0.3) is 0 Å². The normalized spacial score (nSPS) is 12.0. The van der Waals surface area contributed by atoms with E-state index in [1.165, 1.54) is 276 Å². The Morgan fingerprint density at radius 3 is 0.694 bits per heavy atom. The van der Waals surface area contributed by atoms with Gasteiger partial charge in [0, 0.05) is 19.3 Å². The molecule has 0 spiro atoms. The third kappa shape index (κ3) is 59.0. The van der Waals surface area contributed by atoms with E-state index < -0.39 is 6.10 Å². The van der Waals surface area contributed by atoms with Crippen LogP contribution in [0.1, 0.15) is 374 Å². The fourth-order valence-electron chi connectivity index (χ4n) is 10.1. The Labute approximate surface area is 450 Å². The first-order valence-electron chi connectivity index (χ1n) is 32.7. The van der Waals surface area contributed by atoms with Gasteiger partial charge in [-0.15, -0.1) is 0 Å². The smallest absolute Gasteiger partial charge is 0.306 e. The van der Waals surface area contributed by atoms with Crippen molar-refractivity contribution in [3.8, 4) is 0 Å². The van der Waals surface area contributed by atoms with Gasteiger partial charge in [-0.2, -0.15) is 0 Å². The van der Waals surface area contributed by atoms with Crippen LogP contribution in [-0.4, -0.2) is 37.2 Å². The molecule has 0 amide bonds. The molecule has 0 saturated heterocycles. The van der Waals surface area contributed by atoms with Gasteiger partial charge >= 0.3 is 17.9 Å². The van der Waals surface area contributed by atoms with Crippen LogP contribution in [0.4, 0.5) is 0 Å². The van der Waals surface area contributed by atoms with Crippen LogP contribution < -0.4 is 0 Å². The Hall–Kier alpha value is -1.85. The highest BCUT2D eigenvalue weighted by molar-refractivity contribution is 5.71. The molecule has 0 saturated carbocycles. The lowest BCUT2D eigenvalue weighted by Crippen LogP contribution is -2.30.